The van der Waals surface area contributed by atoms with E-state index in [2.05, 4.69) is 21.2 Å². The van der Waals surface area contributed by atoms with Crippen LogP contribution in [0.3, 0.4) is 0 Å². The Kier molecular flexibility index (Phi) is 4.78. The van der Waals surface area contributed by atoms with Crippen molar-refractivity contribution >= 4 is 21.9 Å². The Morgan fingerprint density at radius 3 is 2.73 bits per heavy atom. The first-order chi connectivity index (χ1) is 7.15. The zero-order valence-electron chi connectivity index (χ0n) is 8.53. The van der Waals surface area contributed by atoms with Gasteiger partial charge in [-0.1, -0.05) is 34.1 Å². The third-order valence-electron chi connectivity index (χ3n) is 2.31. The number of carboxylic acid groups (broad SMARTS) is 1. The van der Waals surface area contributed by atoms with E-state index in [1.165, 1.54) is 0 Å². The lowest BCUT2D eigenvalue weighted by Gasteiger charge is -2.11. The number of nitrogens with one attached hydrogen (secondary N) is 1. The van der Waals surface area contributed by atoms with E-state index in [-0.39, 0.29) is 0 Å². The highest BCUT2D eigenvalue weighted by Gasteiger charge is 2.14. The summed E-state index contributed by atoms with van der Waals surface area (Å²) in [5.41, 5.74) is 1.14. The fourth-order valence-electron chi connectivity index (χ4n) is 1.39. The van der Waals surface area contributed by atoms with Crippen LogP contribution in [0.4, 0.5) is 0 Å². The SMILES string of the molecule is CNC(CCc1ccccc1Br)C(=O)O. The van der Waals surface area contributed by atoms with Crippen LogP contribution in [0.15, 0.2) is 28.7 Å². The number of hydrogen-bond donors (Lipinski definition) is 2. The molecule has 0 spiro atoms. The summed E-state index contributed by atoms with van der Waals surface area (Å²) in [7, 11) is 1.67. The molecule has 0 saturated heterocycles. The van der Waals surface area contributed by atoms with Crippen LogP contribution in [0.25, 0.3) is 0 Å². The molecular weight excluding hydrogens is 258 g/mol. The van der Waals surface area contributed by atoms with Gasteiger partial charge in [0, 0.05) is 4.47 Å². The van der Waals surface area contributed by atoms with Crippen molar-refractivity contribution in [1.29, 1.82) is 0 Å². The first-order valence-electron chi connectivity index (χ1n) is 4.78. The fraction of sp³-hybridized carbons (Fsp3) is 0.364. The number of aliphatic carboxylic acids is 1. The van der Waals surface area contributed by atoms with Crippen LogP contribution in [-0.4, -0.2) is 24.2 Å². The summed E-state index contributed by atoms with van der Waals surface area (Å²) in [5, 5.41) is 11.6. The van der Waals surface area contributed by atoms with Crippen molar-refractivity contribution < 1.29 is 9.90 Å². The van der Waals surface area contributed by atoms with Gasteiger partial charge in [-0.05, 0) is 31.5 Å². The quantitative estimate of drug-likeness (QED) is 0.862. The van der Waals surface area contributed by atoms with Crippen LogP contribution in [-0.2, 0) is 11.2 Å². The van der Waals surface area contributed by atoms with E-state index in [0.29, 0.717) is 6.42 Å². The van der Waals surface area contributed by atoms with E-state index in [4.69, 9.17) is 5.11 Å². The standard InChI is InChI=1S/C11H14BrNO2/c1-13-10(11(14)15)7-6-8-4-2-3-5-9(8)12/h2-5,10,13H,6-7H2,1H3,(H,14,15). The number of halogens is 1. The third-order valence-corrected chi connectivity index (χ3v) is 3.08. The fourth-order valence-corrected chi connectivity index (χ4v) is 1.88. The molecule has 0 aliphatic rings. The van der Waals surface area contributed by atoms with Crippen LogP contribution in [0, 0.1) is 0 Å². The molecule has 0 amide bonds. The highest BCUT2D eigenvalue weighted by atomic mass is 79.9. The Balaban J connectivity index is 2.56. The van der Waals surface area contributed by atoms with Gasteiger partial charge in [0.1, 0.15) is 6.04 Å². The minimum absolute atomic E-state index is 0.475. The van der Waals surface area contributed by atoms with Gasteiger partial charge >= 0.3 is 5.97 Å². The Labute approximate surface area is 97.6 Å². The molecule has 1 rings (SSSR count). The first-order valence-corrected chi connectivity index (χ1v) is 5.58. The topological polar surface area (TPSA) is 49.3 Å². The van der Waals surface area contributed by atoms with Crippen LogP contribution in [0.5, 0.6) is 0 Å². The van der Waals surface area contributed by atoms with Gasteiger partial charge in [0.25, 0.3) is 0 Å². The molecule has 0 aromatic heterocycles. The Bertz CT molecular complexity index is 341. The normalized spacial score (nSPS) is 12.4. The summed E-state index contributed by atoms with van der Waals surface area (Å²) in [6, 6.07) is 7.38. The molecule has 0 aliphatic carbocycles. The number of benzene rings is 1. The van der Waals surface area contributed by atoms with Crippen molar-refractivity contribution in [2.24, 2.45) is 0 Å². The smallest absolute Gasteiger partial charge is 0.320 e. The van der Waals surface area contributed by atoms with Crippen molar-refractivity contribution in [3.05, 3.63) is 34.3 Å². The van der Waals surface area contributed by atoms with Crippen molar-refractivity contribution in [2.45, 2.75) is 18.9 Å². The van der Waals surface area contributed by atoms with Gasteiger partial charge < -0.3 is 10.4 Å². The zero-order valence-corrected chi connectivity index (χ0v) is 10.1. The highest BCUT2D eigenvalue weighted by Crippen LogP contribution is 2.17. The predicted molar refractivity (Wildman–Crippen MR) is 62.9 cm³/mol. The van der Waals surface area contributed by atoms with Crippen LogP contribution >= 0.6 is 15.9 Å². The van der Waals surface area contributed by atoms with E-state index >= 15 is 0 Å². The van der Waals surface area contributed by atoms with Crippen molar-refractivity contribution in [2.75, 3.05) is 7.05 Å². The van der Waals surface area contributed by atoms with Gasteiger partial charge in [-0.25, -0.2) is 0 Å². The maximum Gasteiger partial charge on any atom is 0.320 e. The number of carbonyl (C=O) groups is 1. The molecule has 0 bridgehead atoms. The molecule has 0 radical (unpaired) electrons. The number of aryl methyl sites for hydroxylation is 1. The lowest BCUT2D eigenvalue weighted by atomic mass is 10.1. The van der Waals surface area contributed by atoms with Crippen LogP contribution in [0.2, 0.25) is 0 Å². The molecule has 2 N–H and O–H groups in total. The number of rotatable bonds is 5. The number of hydrogen-bond acceptors (Lipinski definition) is 2. The average Bonchev–Trinajstić information content (AvgIpc) is 2.21. The largest absolute Gasteiger partial charge is 0.480 e. The van der Waals surface area contributed by atoms with E-state index in [1.54, 1.807) is 7.05 Å². The molecular formula is C11H14BrNO2. The minimum Gasteiger partial charge on any atom is -0.480 e. The second kappa shape index (κ2) is 5.88. The maximum absolute atomic E-state index is 10.8. The Hall–Kier alpha value is -0.870. The lowest BCUT2D eigenvalue weighted by Crippen LogP contribution is -2.34. The van der Waals surface area contributed by atoms with Gasteiger partial charge in [-0.3, -0.25) is 4.79 Å². The summed E-state index contributed by atoms with van der Waals surface area (Å²) in [6.07, 6.45) is 1.34. The van der Waals surface area contributed by atoms with E-state index in [0.717, 1.165) is 16.5 Å². The predicted octanol–water partition coefficient (Wildman–Crippen LogP) is 2.05. The lowest BCUT2D eigenvalue weighted by molar-refractivity contribution is -0.139. The highest BCUT2D eigenvalue weighted by molar-refractivity contribution is 9.10. The Morgan fingerprint density at radius 1 is 1.53 bits per heavy atom. The third kappa shape index (κ3) is 3.64. The Morgan fingerprint density at radius 2 is 2.20 bits per heavy atom. The molecule has 0 heterocycles. The molecule has 1 unspecified atom stereocenters. The molecule has 82 valence electrons. The van der Waals surface area contributed by atoms with Gasteiger partial charge in [0.15, 0.2) is 0 Å². The van der Waals surface area contributed by atoms with Crippen LogP contribution in [0.1, 0.15) is 12.0 Å². The molecule has 4 heteroatoms. The molecule has 0 fully saturated rings. The maximum atomic E-state index is 10.8. The van der Waals surface area contributed by atoms with Gasteiger partial charge in [-0.2, -0.15) is 0 Å². The molecule has 0 saturated carbocycles. The van der Waals surface area contributed by atoms with E-state index < -0.39 is 12.0 Å². The van der Waals surface area contributed by atoms with Crippen LogP contribution < -0.4 is 5.32 Å². The summed E-state index contributed by atoms with van der Waals surface area (Å²) >= 11 is 3.44. The minimum atomic E-state index is -0.801. The van der Waals surface area contributed by atoms with Gasteiger partial charge in [0.2, 0.25) is 0 Å². The van der Waals surface area contributed by atoms with Gasteiger partial charge in [0.05, 0.1) is 0 Å². The second-order valence-corrected chi connectivity index (χ2v) is 4.16. The molecule has 1 atom stereocenters. The summed E-state index contributed by atoms with van der Waals surface area (Å²) in [6.45, 7) is 0. The average molecular weight is 272 g/mol. The monoisotopic (exact) mass is 271 g/mol. The number of likely N-dealkylation sites (N-methyl/N-ethyl adjacent to an activating group) is 1. The zero-order chi connectivity index (χ0) is 11.3. The summed E-state index contributed by atoms with van der Waals surface area (Å²) in [4.78, 5) is 10.8. The number of carboxylic acids is 1. The molecule has 15 heavy (non-hydrogen) atoms. The second-order valence-electron chi connectivity index (χ2n) is 3.31. The van der Waals surface area contributed by atoms with Crippen molar-refractivity contribution in [3.63, 3.8) is 0 Å². The summed E-state index contributed by atoms with van der Waals surface area (Å²) in [5.74, 6) is -0.801. The first kappa shape index (κ1) is 12.2. The molecule has 1 aromatic carbocycles. The van der Waals surface area contributed by atoms with Crippen molar-refractivity contribution in [1.82, 2.24) is 5.32 Å². The van der Waals surface area contributed by atoms with Gasteiger partial charge in [-0.15, -0.1) is 0 Å². The van der Waals surface area contributed by atoms with E-state index in [9.17, 15) is 4.79 Å². The van der Waals surface area contributed by atoms with Crippen molar-refractivity contribution in [3.8, 4) is 0 Å². The summed E-state index contributed by atoms with van der Waals surface area (Å²) < 4.78 is 1.03. The van der Waals surface area contributed by atoms with E-state index in [1.807, 2.05) is 24.3 Å². The molecule has 1 aromatic rings. The molecule has 3 nitrogen and oxygen atoms in total. The molecule has 0 aliphatic heterocycles.